The summed E-state index contributed by atoms with van der Waals surface area (Å²) in [7, 11) is 0. The highest BCUT2D eigenvalue weighted by molar-refractivity contribution is 5.94. The average molecular weight is 236 g/mol. The van der Waals surface area contributed by atoms with E-state index in [0.29, 0.717) is 5.69 Å². The lowest BCUT2D eigenvalue weighted by atomic mass is 10.1. The van der Waals surface area contributed by atoms with Gasteiger partial charge < -0.3 is 16.2 Å². The molecule has 0 spiro atoms. The van der Waals surface area contributed by atoms with Gasteiger partial charge in [-0.3, -0.25) is 9.59 Å². The number of carbonyl (C=O) groups is 2. The molecule has 0 aromatic heterocycles. The predicted molar refractivity (Wildman–Crippen MR) is 64.7 cm³/mol. The van der Waals surface area contributed by atoms with Crippen LogP contribution in [-0.4, -0.2) is 23.0 Å². The summed E-state index contributed by atoms with van der Waals surface area (Å²) in [6, 6.07) is 6.52. The van der Waals surface area contributed by atoms with Crippen LogP contribution in [-0.2, 0) is 9.59 Å². The van der Waals surface area contributed by atoms with Gasteiger partial charge in [0.2, 0.25) is 5.91 Å². The van der Waals surface area contributed by atoms with Crippen LogP contribution in [0.15, 0.2) is 24.3 Å². The van der Waals surface area contributed by atoms with Crippen molar-refractivity contribution in [3.63, 3.8) is 0 Å². The first-order valence-corrected chi connectivity index (χ1v) is 5.34. The Balaban J connectivity index is 2.51. The van der Waals surface area contributed by atoms with Gasteiger partial charge in [0, 0.05) is 12.1 Å². The van der Waals surface area contributed by atoms with E-state index in [-0.39, 0.29) is 18.7 Å². The molecule has 0 aliphatic carbocycles. The number of benzene rings is 1. The van der Waals surface area contributed by atoms with Gasteiger partial charge in [-0.15, -0.1) is 0 Å². The second-order valence-electron chi connectivity index (χ2n) is 3.90. The van der Waals surface area contributed by atoms with Crippen LogP contribution in [0.4, 0.5) is 5.69 Å². The van der Waals surface area contributed by atoms with Crippen molar-refractivity contribution in [1.82, 2.24) is 0 Å². The van der Waals surface area contributed by atoms with Crippen LogP contribution in [0.2, 0.25) is 0 Å². The number of carboxylic acids is 1. The highest BCUT2D eigenvalue weighted by Gasteiger charge is 2.14. The molecule has 1 atom stereocenters. The first-order chi connectivity index (χ1) is 7.99. The Morgan fingerprint density at radius 2 is 2.18 bits per heavy atom. The second-order valence-corrected chi connectivity index (χ2v) is 3.90. The van der Waals surface area contributed by atoms with Gasteiger partial charge in [0.15, 0.2) is 0 Å². The Hall–Kier alpha value is -1.88. The third-order valence-electron chi connectivity index (χ3n) is 2.29. The minimum atomic E-state index is -0.955. The maximum absolute atomic E-state index is 11.6. The molecule has 1 aromatic carbocycles. The summed E-state index contributed by atoms with van der Waals surface area (Å²) in [5, 5.41) is 11.1. The van der Waals surface area contributed by atoms with Gasteiger partial charge in [0.05, 0.1) is 6.04 Å². The van der Waals surface area contributed by atoms with Gasteiger partial charge in [-0.25, -0.2) is 0 Å². The summed E-state index contributed by atoms with van der Waals surface area (Å²) in [5.41, 5.74) is 7.27. The quantitative estimate of drug-likeness (QED) is 0.714. The van der Waals surface area contributed by atoms with E-state index in [4.69, 9.17) is 10.8 Å². The SMILES string of the molecule is Cc1cccc(NC(=O)C(N)CCC(=O)O)c1. The number of hydrogen-bond donors (Lipinski definition) is 3. The van der Waals surface area contributed by atoms with E-state index in [1.807, 2.05) is 25.1 Å². The number of rotatable bonds is 5. The fourth-order valence-electron chi connectivity index (χ4n) is 1.37. The van der Waals surface area contributed by atoms with E-state index in [2.05, 4.69) is 5.32 Å². The van der Waals surface area contributed by atoms with E-state index in [0.717, 1.165) is 5.56 Å². The van der Waals surface area contributed by atoms with Crippen LogP contribution in [0.25, 0.3) is 0 Å². The van der Waals surface area contributed by atoms with E-state index < -0.39 is 12.0 Å². The van der Waals surface area contributed by atoms with Gasteiger partial charge in [0.25, 0.3) is 0 Å². The molecule has 0 radical (unpaired) electrons. The van der Waals surface area contributed by atoms with Crippen LogP contribution in [0.1, 0.15) is 18.4 Å². The zero-order chi connectivity index (χ0) is 12.8. The van der Waals surface area contributed by atoms with Gasteiger partial charge >= 0.3 is 5.97 Å². The molecule has 1 unspecified atom stereocenters. The first-order valence-electron chi connectivity index (χ1n) is 5.34. The van der Waals surface area contributed by atoms with Gasteiger partial charge in [-0.05, 0) is 31.0 Å². The Morgan fingerprint density at radius 3 is 2.76 bits per heavy atom. The number of nitrogens with two attached hydrogens (primary N) is 1. The molecule has 0 aliphatic rings. The molecule has 0 aliphatic heterocycles. The number of carbonyl (C=O) groups excluding carboxylic acids is 1. The number of carboxylic acid groups (broad SMARTS) is 1. The standard InChI is InChI=1S/C12H16N2O3/c1-8-3-2-4-9(7-8)14-12(17)10(13)5-6-11(15)16/h2-4,7,10H,5-6,13H2,1H3,(H,14,17)(H,15,16). The van der Waals surface area contributed by atoms with Crippen LogP contribution < -0.4 is 11.1 Å². The molecule has 1 rings (SSSR count). The van der Waals surface area contributed by atoms with Crippen molar-refractivity contribution in [2.24, 2.45) is 5.73 Å². The third kappa shape index (κ3) is 4.65. The number of aliphatic carboxylic acids is 1. The molecule has 17 heavy (non-hydrogen) atoms. The van der Waals surface area contributed by atoms with Gasteiger partial charge in [-0.1, -0.05) is 12.1 Å². The summed E-state index contributed by atoms with van der Waals surface area (Å²) in [6.45, 7) is 1.92. The average Bonchev–Trinajstić information content (AvgIpc) is 2.25. The van der Waals surface area contributed by atoms with Crippen molar-refractivity contribution in [2.45, 2.75) is 25.8 Å². The van der Waals surface area contributed by atoms with Crippen LogP contribution in [0.3, 0.4) is 0 Å². The Kier molecular flexibility index (Phi) is 4.66. The lowest BCUT2D eigenvalue weighted by molar-refractivity contribution is -0.137. The fraction of sp³-hybridized carbons (Fsp3) is 0.333. The molecule has 1 aromatic rings. The molecular formula is C12H16N2O3. The van der Waals surface area contributed by atoms with E-state index in [1.165, 1.54) is 0 Å². The van der Waals surface area contributed by atoms with E-state index in [9.17, 15) is 9.59 Å². The minimum absolute atomic E-state index is 0.109. The van der Waals surface area contributed by atoms with Crippen molar-refractivity contribution >= 4 is 17.6 Å². The molecule has 1 amide bonds. The second kappa shape index (κ2) is 6.00. The maximum atomic E-state index is 11.6. The van der Waals surface area contributed by atoms with Gasteiger partial charge in [-0.2, -0.15) is 0 Å². The van der Waals surface area contributed by atoms with Gasteiger partial charge in [0.1, 0.15) is 0 Å². The lowest BCUT2D eigenvalue weighted by Gasteiger charge is -2.11. The van der Waals surface area contributed by atoms with Crippen LogP contribution in [0, 0.1) is 6.92 Å². The smallest absolute Gasteiger partial charge is 0.303 e. The minimum Gasteiger partial charge on any atom is -0.481 e. The summed E-state index contributed by atoms with van der Waals surface area (Å²) >= 11 is 0. The monoisotopic (exact) mass is 236 g/mol. The maximum Gasteiger partial charge on any atom is 0.303 e. The van der Waals surface area contributed by atoms with Crippen molar-refractivity contribution in [3.8, 4) is 0 Å². The molecule has 4 N–H and O–H groups in total. The molecule has 0 bridgehead atoms. The molecule has 0 heterocycles. The fourth-order valence-corrected chi connectivity index (χ4v) is 1.37. The lowest BCUT2D eigenvalue weighted by Crippen LogP contribution is -2.36. The molecular weight excluding hydrogens is 220 g/mol. The number of aryl methyl sites for hydroxylation is 1. The van der Waals surface area contributed by atoms with E-state index >= 15 is 0 Å². The van der Waals surface area contributed by atoms with Crippen LogP contribution >= 0.6 is 0 Å². The third-order valence-corrected chi connectivity index (χ3v) is 2.29. The number of amides is 1. The highest BCUT2D eigenvalue weighted by atomic mass is 16.4. The zero-order valence-electron chi connectivity index (χ0n) is 9.64. The van der Waals surface area contributed by atoms with Crippen LogP contribution in [0.5, 0.6) is 0 Å². The van der Waals surface area contributed by atoms with Crippen molar-refractivity contribution in [3.05, 3.63) is 29.8 Å². The summed E-state index contributed by atoms with van der Waals surface area (Å²) in [4.78, 5) is 21.9. The molecule has 5 nitrogen and oxygen atoms in total. The summed E-state index contributed by atoms with van der Waals surface area (Å²) < 4.78 is 0. The van der Waals surface area contributed by atoms with Crippen molar-refractivity contribution in [2.75, 3.05) is 5.32 Å². The summed E-state index contributed by atoms with van der Waals surface area (Å²) in [6.07, 6.45) is 0.0232. The molecule has 0 saturated carbocycles. The first kappa shape index (κ1) is 13.2. The largest absolute Gasteiger partial charge is 0.481 e. The Bertz CT molecular complexity index is 418. The number of anilines is 1. The molecule has 0 fully saturated rings. The normalized spacial score (nSPS) is 11.9. The molecule has 92 valence electrons. The Morgan fingerprint density at radius 1 is 1.47 bits per heavy atom. The Labute approximate surface area is 99.6 Å². The predicted octanol–water partition coefficient (Wildman–Crippen LogP) is 1.13. The summed E-state index contributed by atoms with van der Waals surface area (Å²) in [5.74, 6) is -1.32. The van der Waals surface area contributed by atoms with Crippen molar-refractivity contribution in [1.29, 1.82) is 0 Å². The van der Waals surface area contributed by atoms with E-state index in [1.54, 1.807) is 6.07 Å². The molecule has 0 saturated heterocycles. The zero-order valence-corrected chi connectivity index (χ0v) is 9.64. The number of hydrogen-bond acceptors (Lipinski definition) is 3. The number of nitrogens with one attached hydrogen (secondary N) is 1. The highest BCUT2D eigenvalue weighted by Crippen LogP contribution is 2.10. The molecule has 5 heteroatoms. The topological polar surface area (TPSA) is 92.4 Å². The van der Waals surface area contributed by atoms with Crippen molar-refractivity contribution < 1.29 is 14.7 Å².